The smallest absolute Gasteiger partial charge is 0.0492 e. The Bertz CT molecular complexity index is 301. The van der Waals surface area contributed by atoms with Gasteiger partial charge in [0.05, 0.1) is 0 Å². The standard InChI is InChI=1S/C10H17N3/c1-10(2)7-11-6-8(10)9-4-5-12-13(9)3/h4-5,8,11H,6-7H2,1-3H3. The summed E-state index contributed by atoms with van der Waals surface area (Å²) in [5, 5.41) is 7.65. The number of rotatable bonds is 1. The van der Waals surface area contributed by atoms with Crippen molar-refractivity contribution in [2.45, 2.75) is 19.8 Å². The summed E-state index contributed by atoms with van der Waals surface area (Å²) in [5.74, 6) is 0.597. The molecule has 72 valence electrons. The van der Waals surface area contributed by atoms with E-state index in [4.69, 9.17) is 0 Å². The van der Waals surface area contributed by atoms with Crippen LogP contribution in [0.25, 0.3) is 0 Å². The van der Waals surface area contributed by atoms with Gasteiger partial charge < -0.3 is 5.32 Å². The Morgan fingerprint density at radius 2 is 2.38 bits per heavy atom. The molecule has 3 nitrogen and oxygen atoms in total. The van der Waals surface area contributed by atoms with Crippen LogP contribution in [0.3, 0.4) is 0 Å². The first-order chi connectivity index (χ1) is 6.11. The molecule has 1 fully saturated rings. The summed E-state index contributed by atoms with van der Waals surface area (Å²) >= 11 is 0. The van der Waals surface area contributed by atoms with Crippen molar-refractivity contribution in [1.29, 1.82) is 0 Å². The van der Waals surface area contributed by atoms with Crippen molar-refractivity contribution in [1.82, 2.24) is 15.1 Å². The Labute approximate surface area is 79.1 Å². The molecule has 2 rings (SSSR count). The minimum Gasteiger partial charge on any atom is -0.315 e. The highest BCUT2D eigenvalue weighted by Crippen LogP contribution is 2.37. The second-order valence-electron chi connectivity index (χ2n) is 4.55. The van der Waals surface area contributed by atoms with Gasteiger partial charge in [-0.1, -0.05) is 13.8 Å². The molecule has 1 unspecified atom stereocenters. The quantitative estimate of drug-likeness (QED) is 0.700. The van der Waals surface area contributed by atoms with Gasteiger partial charge in [0.1, 0.15) is 0 Å². The fourth-order valence-corrected chi connectivity index (χ4v) is 2.17. The van der Waals surface area contributed by atoms with Crippen LogP contribution in [0, 0.1) is 5.41 Å². The predicted octanol–water partition coefficient (Wildman–Crippen LogP) is 1.13. The summed E-state index contributed by atoms with van der Waals surface area (Å²) in [6, 6.07) is 2.12. The van der Waals surface area contributed by atoms with Crippen LogP contribution in [-0.2, 0) is 7.05 Å². The lowest BCUT2D eigenvalue weighted by Crippen LogP contribution is -2.22. The van der Waals surface area contributed by atoms with Crippen LogP contribution < -0.4 is 5.32 Å². The molecule has 0 bridgehead atoms. The predicted molar refractivity (Wildman–Crippen MR) is 52.6 cm³/mol. The van der Waals surface area contributed by atoms with Gasteiger partial charge in [-0.2, -0.15) is 5.10 Å². The fraction of sp³-hybridized carbons (Fsp3) is 0.700. The average molecular weight is 179 g/mol. The molecular formula is C10H17N3. The Balaban J connectivity index is 2.31. The summed E-state index contributed by atoms with van der Waals surface area (Å²) in [6.07, 6.45) is 1.88. The van der Waals surface area contributed by atoms with E-state index in [1.807, 2.05) is 17.9 Å². The second-order valence-corrected chi connectivity index (χ2v) is 4.55. The first-order valence-corrected chi connectivity index (χ1v) is 4.80. The molecule has 3 heteroatoms. The molecule has 13 heavy (non-hydrogen) atoms. The van der Waals surface area contributed by atoms with E-state index in [-0.39, 0.29) is 0 Å². The highest BCUT2D eigenvalue weighted by atomic mass is 15.3. The fourth-order valence-electron chi connectivity index (χ4n) is 2.17. The molecule has 0 amide bonds. The summed E-state index contributed by atoms with van der Waals surface area (Å²) in [6.45, 7) is 6.80. The van der Waals surface area contributed by atoms with Crippen LogP contribution in [0.4, 0.5) is 0 Å². The van der Waals surface area contributed by atoms with E-state index >= 15 is 0 Å². The van der Waals surface area contributed by atoms with E-state index in [0.717, 1.165) is 13.1 Å². The molecule has 0 radical (unpaired) electrons. The lowest BCUT2D eigenvalue weighted by atomic mass is 9.80. The molecule has 1 aliphatic heterocycles. The third-order valence-electron chi connectivity index (χ3n) is 3.09. The SMILES string of the molecule is Cn1nccc1C1CNCC1(C)C. The first kappa shape index (κ1) is 8.75. The van der Waals surface area contributed by atoms with E-state index in [1.165, 1.54) is 5.69 Å². The summed E-state index contributed by atoms with van der Waals surface area (Å²) in [5.41, 5.74) is 1.70. The van der Waals surface area contributed by atoms with Gasteiger partial charge in [0.2, 0.25) is 0 Å². The van der Waals surface area contributed by atoms with Gasteiger partial charge in [0.25, 0.3) is 0 Å². The maximum Gasteiger partial charge on any atom is 0.0492 e. The molecular weight excluding hydrogens is 162 g/mol. The molecule has 0 aromatic carbocycles. The zero-order valence-corrected chi connectivity index (χ0v) is 8.54. The molecule has 0 spiro atoms. The normalized spacial score (nSPS) is 26.5. The second kappa shape index (κ2) is 2.84. The third kappa shape index (κ3) is 1.37. The van der Waals surface area contributed by atoms with Crippen LogP contribution in [0.2, 0.25) is 0 Å². The molecule has 0 aliphatic carbocycles. The summed E-state index contributed by atoms with van der Waals surface area (Å²) < 4.78 is 1.99. The number of nitrogens with one attached hydrogen (secondary N) is 1. The Morgan fingerprint density at radius 3 is 2.85 bits per heavy atom. The highest BCUT2D eigenvalue weighted by Gasteiger charge is 2.36. The number of nitrogens with zero attached hydrogens (tertiary/aromatic N) is 2. The van der Waals surface area contributed by atoms with Gasteiger partial charge in [-0.25, -0.2) is 0 Å². The Hall–Kier alpha value is -0.830. The van der Waals surface area contributed by atoms with Gasteiger partial charge in [-0.3, -0.25) is 4.68 Å². The van der Waals surface area contributed by atoms with E-state index in [9.17, 15) is 0 Å². The lowest BCUT2D eigenvalue weighted by molar-refractivity contribution is 0.350. The largest absolute Gasteiger partial charge is 0.315 e. The Morgan fingerprint density at radius 1 is 1.62 bits per heavy atom. The van der Waals surface area contributed by atoms with Crippen molar-refractivity contribution < 1.29 is 0 Å². The van der Waals surface area contributed by atoms with Gasteiger partial charge in [-0.05, 0) is 11.5 Å². The maximum atomic E-state index is 4.22. The minimum atomic E-state index is 0.355. The molecule has 1 aromatic heterocycles. The highest BCUT2D eigenvalue weighted by molar-refractivity contribution is 5.15. The van der Waals surface area contributed by atoms with Crippen molar-refractivity contribution in [3.8, 4) is 0 Å². The summed E-state index contributed by atoms with van der Waals surface area (Å²) in [7, 11) is 2.02. The van der Waals surface area contributed by atoms with Gasteiger partial charge >= 0.3 is 0 Å². The average Bonchev–Trinajstić information content (AvgIpc) is 2.56. The van der Waals surface area contributed by atoms with Crippen molar-refractivity contribution in [3.05, 3.63) is 18.0 Å². The van der Waals surface area contributed by atoms with E-state index in [2.05, 4.69) is 30.3 Å². The van der Waals surface area contributed by atoms with Gasteiger partial charge in [0, 0.05) is 37.9 Å². The van der Waals surface area contributed by atoms with Gasteiger partial charge in [0.15, 0.2) is 0 Å². The summed E-state index contributed by atoms with van der Waals surface area (Å²) in [4.78, 5) is 0. The molecule has 1 aromatic rings. The van der Waals surface area contributed by atoms with E-state index in [0.29, 0.717) is 11.3 Å². The van der Waals surface area contributed by atoms with Crippen molar-refractivity contribution in [2.75, 3.05) is 13.1 Å². The van der Waals surface area contributed by atoms with Crippen LogP contribution in [0.1, 0.15) is 25.5 Å². The first-order valence-electron chi connectivity index (χ1n) is 4.80. The zero-order chi connectivity index (χ0) is 9.47. The third-order valence-corrected chi connectivity index (χ3v) is 3.09. The zero-order valence-electron chi connectivity index (χ0n) is 8.54. The Kier molecular flexibility index (Phi) is 1.91. The number of aryl methyl sites for hydroxylation is 1. The van der Waals surface area contributed by atoms with Crippen LogP contribution in [-0.4, -0.2) is 22.9 Å². The van der Waals surface area contributed by atoms with Crippen LogP contribution in [0.15, 0.2) is 12.3 Å². The molecule has 0 saturated carbocycles. The van der Waals surface area contributed by atoms with E-state index < -0.39 is 0 Å². The number of aromatic nitrogens is 2. The molecule has 1 N–H and O–H groups in total. The number of hydrogen-bond acceptors (Lipinski definition) is 2. The topological polar surface area (TPSA) is 29.9 Å². The van der Waals surface area contributed by atoms with E-state index in [1.54, 1.807) is 0 Å². The van der Waals surface area contributed by atoms with Crippen molar-refractivity contribution >= 4 is 0 Å². The van der Waals surface area contributed by atoms with Crippen LogP contribution in [0.5, 0.6) is 0 Å². The molecule has 2 heterocycles. The minimum absolute atomic E-state index is 0.355. The van der Waals surface area contributed by atoms with Crippen molar-refractivity contribution in [3.63, 3.8) is 0 Å². The molecule has 1 aliphatic rings. The van der Waals surface area contributed by atoms with Crippen LogP contribution >= 0.6 is 0 Å². The lowest BCUT2D eigenvalue weighted by Gasteiger charge is -2.25. The monoisotopic (exact) mass is 179 g/mol. The number of hydrogen-bond donors (Lipinski definition) is 1. The van der Waals surface area contributed by atoms with Crippen molar-refractivity contribution in [2.24, 2.45) is 12.5 Å². The molecule has 1 atom stereocenters. The maximum absolute atomic E-state index is 4.22. The molecule has 1 saturated heterocycles. The van der Waals surface area contributed by atoms with Gasteiger partial charge in [-0.15, -0.1) is 0 Å².